The summed E-state index contributed by atoms with van der Waals surface area (Å²) in [6.07, 6.45) is 1.47. The van der Waals surface area contributed by atoms with Crippen molar-refractivity contribution in [3.05, 3.63) is 88.2 Å². The molecule has 3 aromatic rings. The van der Waals surface area contributed by atoms with Gasteiger partial charge in [0.25, 0.3) is 11.8 Å². The molecule has 0 aliphatic heterocycles. The van der Waals surface area contributed by atoms with Gasteiger partial charge in [-0.05, 0) is 74.2 Å². The average Bonchev–Trinajstić information content (AvgIpc) is 2.68. The van der Waals surface area contributed by atoms with Crippen molar-refractivity contribution in [1.82, 2.24) is 4.98 Å². The van der Waals surface area contributed by atoms with Crippen molar-refractivity contribution in [3.63, 3.8) is 0 Å². The Hall–Kier alpha value is -3.47. The molecule has 142 valence electrons. The second kappa shape index (κ2) is 8.05. The Balaban J connectivity index is 1.79. The van der Waals surface area contributed by atoms with E-state index < -0.39 is 0 Å². The summed E-state index contributed by atoms with van der Waals surface area (Å²) in [6.45, 7) is 7.84. The van der Waals surface area contributed by atoms with Crippen molar-refractivity contribution >= 4 is 23.2 Å². The number of aromatic nitrogens is 1. The number of nitrogens with one attached hydrogen (secondary N) is 2. The normalized spacial score (nSPS) is 10.4. The number of nitrogens with zero attached hydrogens (tertiary/aromatic N) is 1. The number of aryl methyl sites for hydroxylation is 3. The minimum absolute atomic E-state index is 0.189. The van der Waals surface area contributed by atoms with Crippen molar-refractivity contribution in [2.75, 3.05) is 10.6 Å². The first kappa shape index (κ1) is 19.3. The Bertz CT molecular complexity index is 1030. The molecule has 3 rings (SSSR count). The fourth-order valence-corrected chi connectivity index (χ4v) is 2.83. The molecule has 0 unspecified atom stereocenters. The first-order valence-corrected chi connectivity index (χ1v) is 9.07. The molecule has 2 amide bonds. The minimum Gasteiger partial charge on any atom is -0.322 e. The number of amides is 2. The van der Waals surface area contributed by atoms with E-state index >= 15 is 0 Å². The van der Waals surface area contributed by atoms with E-state index in [2.05, 4.69) is 15.6 Å². The van der Waals surface area contributed by atoms with Gasteiger partial charge in [0, 0.05) is 23.1 Å². The molecular weight excluding hydrogens is 350 g/mol. The predicted molar refractivity (Wildman–Crippen MR) is 112 cm³/mol. The molecule has 2 aromatic carbocycles. The molecule has 0 aliphatic rings. The van der Waals surface area contributed by atoms with Gasteiger partial charge >= 0.3 is 0 Å². The van der Waals surface area contributed by atoms with E-state index in [1.54, 1.807) is 6.07 Å². The lowest BCUT2D eigenvalue weighted by atomic mass is 10.1. The van der Waals surface area contributed by atoms with Crippen LogP contribution in [0.2, 0.25) is 0 Å². The fourth-order valence-electron chi connectivity index (χ4n) is 2.83. The van der Waals surface area contributed by atoms with Gasteiger partial charge in [-0.2, -0.15) is 0 Å². The van der Waals surface area contributed by atoms with E-state index in [0.29, 0.717) is 5.56 Å². The van der Waals surface area contributed by atoms with Gasteiger partial charge in [-0.15, -0.1) is 0 Å². The highest BCUT2D eigenvalue weighted by atomic mass is 16.2. The van der Waals surface area contributed by atoms with Crippen LogP contribution in [0.5, 0.6) is 0 Å². The van der Waals surface area contributed by atoms with Crippen LogP contribution in [-0.2, 0) is 0 Å². The highest BCUT2D eigenvalue weighted by Gasteiger charge is 2.14. The zero-order valence-corrected chi connectivity index (χ0v) is 16.5. The molecule has 5 heteroatoms. The van der Waals surface area contributed by atoms with Crippen LogP contribution in [-0.4, -0.2) is 16.8 Å². The lowest BCUT2D eigenvalue weighted by Crippen LogP contribution is -2.17. The first-order valence-electron chi connectivity index (χ1n) is 9.07. The first-order chi connectivity index (χ1) is 13.3. The maximum atomic E-state index is 12.6. The van der Waals surface area contributed by atoms with Gasteiger partial charge in [-0.3, -0.25) is 14.6 Å². The van der Waals surface area contributed by atoms with Gasteiger partial charge in [0.15, 0.2) is 0 Å². The number of carbonyl (C=O) groups is 2. The summed E-state index contributed by atoms with van der Waals surface area (Å²) in [5.74, 6) is -0.632. The van der Waals surface area contributed by atoms with Crippen molar-refractivity contribution in [1.29, 1.82) is 0 Å². The van der Waals surface area contributed by atoms with Crippen LogP contribution >= 0.6 is 0 Å². The molecule has 0 fully saturated rings. The standard InChI is InChI=1S/C23H23N3O2/c1-14-8-9-16(3)20(12-14)26-22(27)18-10-11-24-21(13-18)23(28)25-19-7-5-6-15(2)17(19)4/h5-13H,1-4H3,(H,25,28)(H,26,27). The van der Waals surface area contributed by atoms with Gasteiger partial charge in [0.2, 0.25) is 0 Å². The molecule has 1 aromatic heterocycles. The van der Waals surface area contributed by atoms with Gasteiger partial charge < -0.3 is 10.6 Å². The SMILES string of the molecule is Cc1ccc(C)c(NC(=O)c2ccnc(C(=O)Nc3cccc(C)c3C)c2)c1. The summed E-state index contributed by atoms with van der Waals surface area (Å²) in [6, 6.07) is 14.7. The zero-order valence-electron chi connectivity index (χ0n) is 16.5. The van der Waals surface area contributed by atoms with Crippen LogP contribution in [0.25, 0.3) is 0 Å². The molecule has 2 N–H and O–H groups in total. The van der Waals surface area contributed by atoms with Gasteiger partial charge in [-0.25, -0.2) is 0 Å². The van der Waals surface area contributed by atoms with E-state index in [-0.39, 0.29) is 17.5 Å². The number of hydrogen-bond donors (Lipinski definition) is 2. The fraction of sp³-hybridized carbons (Fsp3) is 0.174. The van der Waals surface area contributed by atoms with Crippen molar-refractivity contribution in [2.45, 2.75) is 27.7 Å². The van der Waals surface area contributed by atoms with E-state index in [1.807, 2.05) is 64.1 Å². The number of hydrogen-bond acceptors (Lipinski definition) is 3. The van der Waals surface area contributed by atoms with E-state index in [0.717, 1.165) is 33.6 Å². The van der Waals surface area contributed by atoms with Crippen LogP contribution in [0.1, 0.15) is 43.1 Å². The van der Waals surface area contributed by atoms with Crippen molar-refractivity contribution in [3.8, 4) is 0 Å². The molecule has 0 aliphatic carbocycles. The summed E-state index contributed by atoms with van der Waals surface area (Å²) < 4.78 is 0. The molecule has 0 bridgehead atoms. The number of pyridine rings is 1. The van der Waals surface area contributed by atoms with Crippen LogP contribution in [0, 0.1) is 27.7 Å². The molecule has 0 atom stereocenters. The van der Waals surface area contributed by atoms with Crippen LogP contribution < -0.4 is 10.6 Å². The molecule has 28 heavy (non-hydrogen) atoms. The monoisotopic (exact) mass is 373 g/mol. The number of rotatable bonds is 4. The minimum atomic E-state index is -0.352. The number of benzene rings is 2. The average molecular weight is 373 g/mol. The van der Waals surface area contributed by atoms with Gasteiger partial charge in [0.05, 0.1) is 0 Å². The molecule has 5 nitrogen and oxygen atoms in total. The van der Waals surface area contributed by atoms with Crippen molar-refractivity contribution < 1.29 is 9.59 Å². The highest BCUT2D eigenvalue weighted by Crippen LogP contribution is 2.20. The Kier molecular flexibility index (Phi) is 5.54. The Labute approximate surface area is 164 Å². The predicted octanol–water partition coefficient (Wildman–Crippen LogP) is 4.82. The largest absolute Gasteiger partial charge is 0.322 e. The third-order valence-corrected chi connectivity index (χ3v) is 4.75. The second-order valence-electron chi connectivity index (χ2n) is 6.90. The highest BCUT2D eigenvalue weighted by molar-refractivity contribution is 6.08. The summed E-state index contributed by atoms with van der Waals surface area (Å²) in [7, 11) is 0. The molecule has 0 spiro atoms. The zero-order chi connectivity index (χ0) is 20.3. The van der Waals surface area contributed by atoms with Crippen LogP contribution in [0.4, 0.5) is 11.4 Å². The van der Waals surface area contributed by atoms with Gasteiger partial charge in [0.1, 0.15) is 5.69 Å². The number of anilines is 2. The van der Waals surface area contributed by atoms with E-state index in [1.165, 1.54) is 12.3 Å². The second-order valence-corrected chi connectivity index (χ2v) is 6.90. The number of carbonyl (C=O) groups excluding carboxylic acids is 2. The maximum Gasteiger partial charge on any atom is 0.274 e. The van der Waals surface area contributed by atoms with Crippen molar-refractivity contribution in [2.24, 2.45) is 0 Å². The maximum absolute atomic E-state index is 12.6. The molecule has 0 saturated carbocycles. The molecule has 1 heterocycles. The molecule has 0 radical (unpaired) electrons. The van der Waals surface area contributed by atoms with E-state index in [9.17, 15) is 9.59 Å². The summed E-state index contributed by atoms with van der Waals surface area (Å²) in [4.78, 5) is 29.4. The lowest BCUT2D eigenvalue weighted by Gasteiger charge is -2.11. The third kappa shape index (κ3) is 4.26. The smallest absolute Gasteiger partial charge is 0.274 e. The lowest BCUT2D eigenvalue weighted by molar-refractivity contribution is 0.102. The Morgan fingerprint density at radius 3 is 2.32 bits per heavy atom. The van der Waals surface area contributed by atoms with E-state index in [4.69, 9.17) is 0 Å². The summed E-state index contributed by atoms with van der Waals surface area (Å²) >= 11 is 0. The molecular formula is C23H23N3O2. The van der Waals surface area contributed by atoms with Crippen LogP contribution in [0.15, 0.2) is 54.7 Å². The van der Waals surface area contributed by atoms with Gasteiger partial charge in [-0.1, -0.05) is 24.3 Å². The summed E-state index contributed by atoms with van der Waals surface area (Å²) in [5.41, 5.74) is 6.17. The quantitative estimate of drug-likeness (QED) is 0.689. The topological polar surface area (TPSA) is 71.1 Å². The molecule has 0 saturated heterocycles. The Morgan fingerprint density at radius 1 is 0.786 bits per heavy atom. The third-order valence-electron chi connectivity index (χ3n) is 4.75. The van der Waals surface area contributed by atoms with Crippen LogP contribution in [0.3, 0.4) is 0 Å². The Morgan fingerprint density at radius 2 is 1.54 bits per heavy atom. The summed E-state index contributed by atoms with van der Waals surface area (Å²) in [5, 5.41) is 5.77.